The lowest BCUT2D eigenvalue weighted by atomic mass is 10.1. The second kappa shape index (κ2) is 9.90. The maximum absolute atomic E-state index is 13.4. The van der Waals surface area contributed by atoms with Gasteiger partial charge in [0.25, 0.3) is 0 Å². The van der Waals surface area contributed by atoms with Gasteiger partial charge < -0.3 is 14.2 Å². The van der Waals surface area contributed by atoms with Gasteiger partial charge in [-0.2, -0.15) is 0 Å². The number of pyridine rings is 1. The number of rotatable bonds is 7. The first-order chi connectivity index (χ1) is 18.1. The molecule has 2 heterocycles. The third kappa shape index (κ3) is 4.84. The highest BCUT2D eigenvalue weighted by atomic mass is 32.2. The molecule has 0 N–H and O–H groups in total. The lowest BCUT2D eigenvalue weighted by Crippen LogP contribution is -2.23. The zero-order chi connectivity index (χ0) is 27.0. The van der Waals surface area contributed by atoms with Crippen molar-refractivity contribution >= 4 is 21.4 Å². The molecule has 0 amide bonds. The van der Waals surface area contributed by atoms with Crippen molar-refractivity contribution in [2.75, 3.05) is 12.5 Å². The number of nitrogens with zero attached hydrogens (tertiary/aromatic N) is 1. The second-order valence-corrected chi connectivity index (χ2v) is 11.1. The number of benzene rings is 2. The molecule has 0 radical (unpaired) electrons. The molecule has 1 aliphatic heterocycles. The summed E-state index contributed by atoms with van der Waals surface area (Å²) in [7, 11) is -4.17. The Labute approximate surface area is 220 Å². The van der Waals surface area contributed by atoms with Crippen LogP contribution in [0.1, 0.15) is 33.5 Å². The zero-order valence-corrected chi connectivity index (χ0v) is 21.9. The minimum absolute atomic E-state index is 0.0131. The maximum atomic E-state index is 13.4. The SMILES string of the molecule is Cc1cc(C)c(Oc2nc(-c3cccc4c3OCO4)ccc2C(=O)CS(=O)(=O)C2=CC=CCC2=O)c(C)c1. The van der Waals surface area contributed by atoms with Crippen molar-refractivity contribution in [3.63, 3.8) is 0 Å². The summed E-state index contributed by atoms with van der Waals surface area (Å²) in [5, 5.41) is 0. The van der Waals surface area contributed by atoms with Crippen molar-refractivity contribution in [3.8, 4) is 34.4 Å². The Morgan fingerprint density at radius 1 is 1.05 bits per heavy atom. The molecule has 1 aliphatic carbocycles. The fourth-order valence-electron chi connectivity index (χ4n) is 4.57. The lowest BCUT2D eigenvalue weighted by Gasteiger charge is -2.16. The molecule has 1 aromatic heterocycles. The smallest absolute Gasteiger partial charge is 0.231 e. The largest absolute Gasteiger partial charge is 0.454 e. The van der Waals surface area contributed by atoms with Crippen LogP contribution in [-0.2, 0) is 14.6 Å². The number of para-hydroxylation sites is 1. The van der Waals surface area contributed by atoms with Crippen LogP contribution in [-0.4, -0.2) is 37.5 Å². The molecule has 5 rings (SSSR count). The van der Waals surface area contributed by atoms with E-state index in [1.807, 2.05) is 39.0 Å². The normalized spacial score (nSPS) is 14.4. The fraction of sp³-hybridized carbons (Fsp3) is 0.207. The molecule has 0 fully saturated rings. The van der Waals surface area contributed by atoms with Gasteiger partial charge in [0.05, 0.1) is 11.3 Å². The summed E-state index contributed by atoms with van der Waals surface area (Å²) in [6.45, 7) is 5.82. The molecule has 2 aliphatic rings. The Kier molecular flexibility index (Phi) is 6.62. The number of Topliss-reactive ketones (excluding diaryl/α,β-unsaturated/α-hetero) is 2. The first-order valence-electron chi connectivity index (χ1n) is 12.0. The molecule has 0 atom stereocenters. The molecular weight excluding hydrogens is 506 g/mol. The highest BCUT2D eigenvalue weighted by Gasteiger charge is 2.30. The van der Waals surface area contributed by atoms with Crippen LogP contribution in [0.3, 0.4) is 0 Å². The molecule has 0 spiro atoms. The molecule has 0 bridgehead atoms. The molecule has 0 saturated heterocycles. The summed E-state index contributed by atoms with van der Waals surface area (Å²) in [5.74, 6) is -0.601. The van der Waals surface area contributed by atoms with Crippen LogP contribution >= 0.6 is 0 Å². The van der Waals surface area contributed by atoms with E-state index >= 15 is 0 Å². The molecule has 38 heavy (non-hydrogen) atoms. The zero-order valence-electron chi connectivity index (χ0n) is 21.1. The summed E-state index contributed by atoms with van der Waals surface area (Å²) >= 11 is 0. The van der Waals surface area contributed by atoms with Gasteiger partial charge in [-0.1, -0.05) is 35.9 Å². The molecule has 194 valence electrons. The predicted molar refractivity (Wildman–Crippen MR) is 141 cm³/mol. The number of fused-ring (bicyclic) bond motifs is 1. The monoisotopic (exact) mass is 531 g/mol. The third-order valence-corrected chi connectivity index (χ3v) is 7.93. The highest BCUT2D eigenvalue weighted by Crippen LogP contribution is 2.42. The average molecular weight is 532 g/mol. The van der Waals surface area contributed by atoms with Crippen LogP contribution in [0.15, 0.2) is 65.6 Å². The van der Waals surface area contributed by atoms with Crippen molar-refractivity contribution in [1.82, 2.24) is 4.98 Å². The quantitative estimate of drug-likeness (QED) is 0.383. The number of carbonyl (C=O) groups excluding carboxylic acids is 2. The number of hydrogen-bond donors (Lipinski definition) is 0. The number of sulfone groups is 1. The Morgan fingerprint density at radius 2 is 1.82 bits per heavy atom. The third-order valence-electron chi connectivity index (χ3n) is 6.25. The summed E-state index contributed by atoms with van der Waals surface area (Å²) in [6, 6.07) is 12.4. The van der Waals surface area contributed by atoms with Crippen molar-refractivity contribution in [2.45, 2.75) is 27.2 Å². The van der Waals surface area contributed by atoms with Crippen LogP contribution in [0, 0.1) is 20.8 Å². The predicted octanol–water partition coefficient (Wildman–Crippen LogP) is 5.21. The lowest BCUT2D eigenvalue weighted by molar-refractivity contribution is -0.114. The minimum atomic E-state index is -4.17. The van der Waals surface area contributed by atoms with Crippen LogP contribution < -0.4 is 14.2 Å². The van der Waals surface area contributed by atoms with Crippen molar-refractivity contribution in [1.29, 1.82) is 0 Å². The van der Waals surface area contributed by atoms with E-state index in [4.69, 9.17) is 14.2 Å². The highest BCUT2D eigenvalue weighted by molar-refractivity contribution is 7.96. The van der Waals surface area contributed by atoms with Crippen LogP contribution in [0.2, 0.25) is 0 Å². The van der Waals surface area contributed by atoms with Crippen LogP contribution in [0.5, 0.6) is 23.1 Å². The van der Waals surface area contributed by atoms with E-state index in [9.17, 15) is 18.0 Å². The van der Waals surface area contributed by atoms with Gasteiger partial charge in [-0.05, 0) is 62.2 Å². The van der Waals surface area contributed by atoms with E-state index in [-0.39, 0.29) is 29.6 Å². The maximum Gasteiger partial charge on any atom is 0.231 e. The summed E-state index contributed by atoms with van der Waals surface area (Å²) < 4.78 is 43.3. The van der Waals surface area contributed by atoms with Crippen molar-refractivity contribution < 1.29 is 32.2 Å². The molecule has 3 aromatic rings. The van der Waals surface area contributed by atoms with Gasteiger partial charge in [-0.15, -0.1) is 0 Å². The van der Waals surface area contributed by atoms with E-state index in [1.54, 1.807) is 24.3 Å². The first kappa shape index (κ1) is 25.4. The van der Waals surface area contributed by atoms with Gasteiger partial charge in [0.15, 0.2) is 32.9 Å². The molecule has 9 heteroatoms. The van der Waals surface area contributed by atoms with Crippen LogP contribution in [0.25, 0.3) is 11.3 Å². The topological polar surface area (TPSA) is 109 Å². The van der Waals surface area contributed by atoms with Gasteiger partial charge >= 0.3 is 0 Å². The number of allylic oxidation sites excluding steroid dienone is 4. The van der Waals surface area contributed by atoms with Gasteiger partial charge in [0.1, 0.15) is 16.4 Å². The standard InChI is InChI=1S/C29H25NO7S/c1-17-13-18(2)27(19(3)14-17)37-29-21(24(32)15-38(33,34)26-10-5-4-8-23(26)31)11-12-22(30-29)20-7-6-9-25-28(20)36-16-35-25/h4-7,9-14H,8,15-16H2,1-3H3. The second-order valence-electron chi connectivity index (χ2n) is 9.19. The number of ketones is 2. The van der Waals surface area contributed by atoms with E-state index in [0.717, 1.165) is 16.7 Å². The minimum Gasteiger partial charge on any atom is -0.454 e. The molecule has 0 unspecified atom stereocenters. The Bertz CT molecular complexity index is 1630. The molecule has 0 saturated carbocycles. The van der Waals surface area contributed by atoms with E-state index in [2.05, 4.69) is 4.98 Å². The Balaban J connectivity index is 1.58. The van der Waals surface area contributed by atoms with E-state index < -0.39 is 27.2 Å². The number of aromatic nitrogens is 1. The number of carbonyl (C=O) groups is 2. The van der Waals surface area contributed by atoms with E-state index in [1.165, 1.54) is 18.2 Å². The van der Waals surface area contributed by atoms with Crippen molar-refractivity contribution in [3.05, 3.63) is 87.9 Å². The van der Waals surface area contributed by atoms with Gasteiger partial charge in [0.2, 0.25) is 12.7 Å². The molecular formula is C29H25NO7S. The fourth-order valence-corrected chi connectivity index (χ4v) is 5.94. The number of hydrogen-bond acceptors (Lipinski definition) is 8. The van der Waals surface area contributed by atoms with Crippen molar-refractivity contribution in [2.24, 2.45) is 0 Å². The average Bonchev–Trinajstić information content (AvgIpc) is 3.35. The van der Waals surface area contributed by atoms with E-state index in [0.29, 0.717) is 28.5 Å². The Morgan fingerprint density at radius 3 is 2.55 bits per heavy atom. The summed E-state index contributed by atoms with van der Waals surface area (Å²) in [4.78, 5) is 29.8. The van der Waals surface area contributed by atoms with Gasteiger partial charge in [-0.3, -0.25) is 9.59 Å². The van der Waals surface area contributed by atoms with Gasteiger partial charge in [-0.25, -0.2) is 13.4 Å². The summed E-state index contributed by atoms with van der Waals surface area (Å²) in [5.41, 5.74) is 3.80. The Hall–Kier alpha value is -4.24. The summed E-state index contributed by atoms with van der Waals surface area (Å²) in [6.07, 6.45) is 4.27. The number of ether oxygens (including phenoxy) is 3. The van der Waals surface area contributed by atoms with Gasteiger partial charge in [0, 0.05) is 12.0 Å². The molecule has 2 aromatic carbocycles. The first-order valence-corrected chi connectivity index (χ1v) is 13.6. The van der Waals surface area contributed by atoms with Crippen LogP contribution in [0.4, 0.5) is 0 Å². The molecule has 8 nitrogen and oxygen atoms in total. The number of aryl methyl sites for hydroxylation is 3.